The number of thiazole rings is 1. The number of hydrogen-bond acceptors (Lipinski definition) is 8. The van der Waals surface area contributed by atoms with Crippen LogP contribution < -0.4 is 10.5 Å². The van der Waals surface area contributed by atoms with Crippen molar-refractivity contribution in [1.29, 1.82) is 0 Å². The fourth-order valence-electron chi connectivity index (χ4n) is 3.46. The summed E-state index contributed by atoms with van der Waals surface area (Å²) in [5.74, 6) is 0.191. The van der Waals surface area contributed by atoms with Crippen LogP contribution in [-0.4, -0.2) is 40.9 Å². The van der Waals surface area contributed by atoms with E-state index in [1.807, 2.05) is 0 Å². The second-order valence-corrected chi connectivity index (χ2v) is 10.2. The van der Waals surface area contributed by atoms with Crippen LogP contribution in [0.1, 0.15) is 29.8 Å². The number of sulfonamides is 1. The Bertz CT molecular complexity index is 1130. The quantitative estimate of drug-likeness (QED) is 0.542. The Hall–Kier alpha value is -2.50. The van der Waals surface area contributed by atoms with Crippen molar-refractivity contribution >= 4 is 27.2 Å². The molecule has 3 aromatic heterocycles. The Morgan fingerprint density at radius 2 is 2.03 bits per heavy atom. The molecule has 0 unspecified atom stereocenters. The summed E-state index contributed by atoms with van der Waals surface area (Å²) in [6.07, 6.45) is 6.36. The lowest BCUT2D eigenvalue weighted by atomic mass is 9.66. The molecule has 30 heavy (non-hydrogen) atoms. The topological polar surface area (TPSA) is 124 Å². The van der Waals surface area contributed by atoms with E-state index >= 15 is 0 Å². The van der Waals surface area contributed by atoms with Crippen LogP contribution in [0.25, 0.3) is 10.7 Å². The number of aromatic nitrogens is 4. The summed E-state index contributed by atoms with van der Waals surface area (Å²) >= 11 is 1.36. The number of hydrogen-bond donors (Lipinski definition) is 2. The van der Waals surface area contributed by atoms with Crippen molar-refractivity contribution in [3.63, 3.8) is 0 Å². The van der Waals surface area contributed by atoms with Crippen LogP contribution in [0.2, 0.25) is 0 Å². The third-order valence-corrected chi connectivity index (χ3v) is 7.10. The Balaban J connectivity index is 1.41. The van der Waals surface area contributed by atoms with Gasteiger partial charge in [-0.1, -0.05) is 6.42 Å². The molecule has 4 rings (SSSR count). The molecule has 0 aliphatic heterocycles. The van der Waals surface area contributed by atoms with Gasteiger partial charge in [0.15, 0.2) is 0 Å². The maximum Gasteiger partial charge on any atom is 0.209 e. The highest BCUT2D eigenvalue weighted by Gasteiger charge is 2.41. The molecular formula is C19H21FN6O2S2. The van der Waals surface area contributed by atoms with Crippen molar-refractivity contribution < 1.29 is 12.8 Å². The van der Waals surface area contributed by atoms with Gasteiger partial charge in [0.25, 0.3) is 0 Å². The van der Waals surface area contributed by atoms with Crippen LogP contribution in [0.4, 0.5) is 10.2 Å². The summed E-state index contributed by atoms with van der Waals surface area (Å²) in [5, 5.41) is 17.4. The number of nitrogens with zero attached hydrogens (tertiary/aromatic N) is 4. The third kappa shape index (κ3) is 4.63. The molecule has 0 aromatic carbocycles. The zero-order valence-corrected chi connectivity index (χ0v) is 17.7. The number of nitrogens with two attached hydrogens (primary N) is 1. The van der Waals surface area contributed by atoms with Crippen LogP contribution in [0.5, 0.6) is 0 Å². The molecule has 0 atom stereocenters. The van der Waals surface area contributed by atoms with Crippen molar-refractivity contribution in [2.75, 3.05) is 17.6 Å². The van der Waals surface area contributed by atoms with Crippen molar-refractivity contribution in [2.45, 2.75) is 31.1 Å². The molecule has 3 aromatic rings. The Morgan fingerprint density at radius 1 is 1.20 bits per heavy atom. The number of primary sulfonamides is 1. The number of aryl methyl sites for hydroxylation is 1. The summed E-state index contributed by atoms with van der Waals surface area (Å²) in [6.45, 7) is 0.532. The summed E-state index contributed by atoms with van der Waals surface area (Å²) < 4.78 is 36.4. The summed E-state index contributed by atoms with van der Waals surface area (Å²) in [7, 11) is -3.51. The molecular weight excluding hydrogens is 427 g/mol. The van der Waals surface area contributed by atoms with Crippen LogP contribution in [0, 0.1) is 5.82 Å². The summed E-state index contributed by atoms with van der Waals surface area (Å²) in [6, 6.07) is 6.64. The van der Waals surface area contributed by atoms with E-state index in [0.29, 0.717) is 35.2 Å². The van der Waals surface area contributed by atoms with Gasteiger partial charge in [0.2, 0.25) is 10.0 Å². The molecule has 3 N–H and O–H groups in total. The van der Waals surface area contributed by atoms with Gasteiger partial charge in [-0.05, 0) is 43.5 Å². The van der Waals surface area contributed by atoms with Crippen molar-refractivity contribution in [2.24, 2.45) is 5.14 Å². The van der Waals surface area contributed by atoms with E-state index in [-0.39, 0.29) is 17.0 Å². The minimum absolute atomic E-state index is 0.123. The Morgan fingerprint density at radius 3 is 2.67 bits per heavy atom. The fraction of sp³-hybridized carbons (Fsp3) is 0.368. The van der Waals surface area contributed by atoms with Crippen molar-refractivity contribution in [1.82, 2.24) is 20.2 Å². The van der Waals surface area contributed by atoms with Gasteiger partial charge in [-0.15, -0.1) is 21.5 Å². The van der Waals surface area contributed by atoms with Gasteiger partial charge in [0.05, 0.1) is 11.4 Å². The van der Waals surface area contributed by atoms with E-state index in [1.165, 1.54) is 17.4 Å². The van der Waals surface area contributed by atoms with Crippen LogP contribution in [-0.2, 0) is 21.9 Å². The number of nitrogens with one attached hydrogen (secondary N) is 1. The van der Waals surface area contributed by atoms with Gasteiger partial charge < -0.3 is 5.32 Å². The number of anilines is 1. The van der Waals surface area contributed by atoms with Crippen LogP contribution in [0.15, 0.2) is 36.7 Å². The first-order chi connectivity index (χ1) is 14.3. The van der Waals surface area contributed by atoms with E-state index in [2.05, 4.69) is 25.5 Å². The molecule has 1 aliphatic carbocycles. The lowest BCUT2D eigenvalue weighted by Crippen LogP contribution is -2.42. The van der Waals surface area contributed by atoms with Gasteiger partial charge in [-0.3, -0.25) is 4.98 Å². The fourth-order valence-corrected chi connectivity index (χ4v) is 4.97. The number of pyridine rings is 1. The van der Waals surface area contributed by atoms with Gasteiger partial charge >= 0.3 is 0 Å². The molecule has 1 saturated carbocycles. The third-order valence-electron chi connectivity index (χ3n) is 5.25. The lowest BCUT2D eigenvalue weighted by Gasteiger charge is -2.41. The van der Waals surface area contributed by atoms with Crippen molar-refractivity contribution in [3.8, 4) is 10.7 Å². The maximum absolute atomic E-state index is 14.2. The first-order valence-corrected chi connectivity index (χ1v) is 12.0. The largest absolute Gasteiger partial charge is 0.368 e. The normalized spacial score (nSPS) is 15.5. The standard InChI is InChI=1S/C19H21FN6O2S2/c20-14-3-1-9-22-17(14)19(7-2-8-19)12-24-16-5-4-15(25-26-16)18-23-11-13(29-18)6-10-30(21,27)28/h1,3-5,9,11H,2,6-8,10,12H2,(H,24,26)(H2,21,27,28). The highest BCUT2D eigenvalue weighted by atomic mass is 32.2. The van der Waals surface area contributed by atoms with E-state index in [0.717, 1.165) is 24.1 Å². The predicted octanol–water partition coefficient (Wildman–Crippen LogP) is 2.50. The molecule has 3 heterocycles. The number of halogens is 1. The van der Waals surface area contributed by atoms with Gasteiger partial charge in [0.1, 0.15) is 22.3 Å². The molecule has 0 saturated heterocycles. The second-order valence-electron chi connectivity index (χ2n) is 7.37. The first-order valence-electron chi connectivity index (χ1n) is 9.49. The predicted molar refractivity (Wildman–Crippen MR) is 113 cm³/mol. The van der Waals surface area contributed by atoms with Gasteiger partial charge in [-0.25, -0.2) is 22.9 Å². The average molecular weight is 449 g/mol. The minimum Gasteiger partial charge on any atom is -0.368 e. The molecule has 8 nitrogen and oxygen atoms in total. The highest BCUT2D eigenvalue weighted by molar-refractivity contribution is 7.89. The van der Waals surface area contributed by atoms with E-state index in [9.17, 15) is 12.8 Å². The molecule has 0 spiro atoms. The Labute approximate surface area is 177 Å². The molecule has 0 bridgehead atoms. The summed E-state index contributed by atoms with van der Waals surface area (Å²) in [5.41, 5.74) is 0.781. The van der Waals surface area contributed by atoms with E-state index in [4.69, 9.17) is 5.14 Å². The van der Waals surface area contributed by atoms with Gasteiger partial charge in [-0.2, -0.15) is 0 Å². The van der Waals surface area contributed by atoms with Gasteiger partial charge in [0, 0.05) is 29.2 Å². The molecule has 1 fully saturated rings. The smallest absolute Gasteiger partial charge is 0.209 e. The molecule has 0 radical (unpaired) electrons. The van der Waals surface area contributed by atoms with Crippen molar-refractivity contribution in [3.05, 3.63) is 53.0 Å². The zero-order chi connectivity index (χ0) is 21.2. The first kappa shape index (κ1) is 20.8. The minimum atomic E-state index is -3.51. The Kier molecular flexibility index (Phi) is 5.76. The SMILES string of the molecule is NS(=O)(=O)CCc1cnc(-c2ccc(NCC3(c4ncccc4F)CCC3)nn2)s1. The summed E-state index contributed by atoms with van der Waals surface area (Å²) in [4.78, 5) is 9.36. The lowest BCUT2D eigenvalue weighted by molar-refractivity contribution is 0.243. The molecule has 11 heteroatoms. The second kappa shape index (κ2) is 8.32. The average Bonchev–Trinajstić information content (AvgIpc) is 3.16. The monoisotopic (exact) mass is 448 g/mol. The van der Waals surface area contributed by atoms with Crippen LogP contribution in [0.3, 0.4) is 0 Å². The molecule has 158 valence electrons. The highest BCUT2D eigenvalue weighted by Crippen LogP contribution is 2.43. The van der Waals surface area contributed by atoms with Crippen LogP contribution >= 0.6 is 11.3 Å². The van der Waals surface area contributed by atoms with E-state index in [1.54, 1.807) is 30.6 Å². The zero-order valence-electron chi connectivity index (χ0n) is 16.1. The number of rotatable bonds is 8. The van der Waals surface area contributed by atoms with E-state index < -0.39 is 10.0 Å². The molecule has 1 aliphatic rings. The maximum atomic E-state index is 14.2. The molecule has 0 amide bonds.